The lowest BCUT2D eigenvalue weighted by Gasteiger charge is -2.19. The summed E-state index contributed by atoms with van der Waals surface area (Å²) in [5.41, 5.74) is 5.34. The number of carbonyl (C=O) groups is 2. The van der Waals surface area contributed by atoms with Crippen molar-refractivity contribution in [2.24, 2.45) is 5.73 Å². The van der Waals surface area contributed by atoms with Crippen molar-refractivity contribution in [1.82, 2.24) is 0 Å². The third kappa shape index (κ3) is 41.3. The molecule has 3 N–H and O–H groups in total. The quantitative estimate of drug-likeness (QED) is 0.0203. The number of rotatable bonds is 41. The lowest BCUT2D eigenvalue weighted by atomic mass is 10.0. The summed E-state index contributed by atoms with van der Waals surface area (Å²) in [6, 6.07) is 0. The van der Waals surface area contributed by atoms with E-state index in [1.807, 2.05) is 36.5 Å². The predicted molar refractivity (Wildman–Crippen MR) is 233 cm³/mol. The van der Waals surface area contributed by atoms with Gasteiger partial charge in [0.05, 0.1) is 13.2 Å². The fourth-order valence-corrected chi connectivity index (χ4v) is 6.70. The van der Waals surface area contributed by atoms with E-state index in [4.69, 9.17) is 24.3 Å². The number of esters is 2. The summed E-state index contributed by atoms with van der Waals surface area (Å²) >= 11 is 0. The number of hydrogen-bond acceptors (Lipinski definition) is 8. The van der Waals surface area contributed by atoms with Crippen LogP contribution in [0.1, 0.15) is 187 Å². The van der Waals surface area contributed by atoms with Gasteiger partial charge < -0.3 is 20.1 Å². The topological polar surface area (TPSA) is 134 Å². The summed E-state index contributed by atoms with van der Waals surface area (Å²) in [6.45, 7) is 3.54. The van der Waals surface area contributed by atoms with Crippen LogP contribution in [0.25, 0.3) is 0 Å². The first-order valence-electron chi connectivity index (χ1n) is 22.3. The SMILES string of the molecule is CC/C=C/C=C/C=C/C=C/CCCCCC(=O)OC(COC(=O)CCCCCCCCC/C=C/CCCCCCCCCCCCC)COP(=O)(O)OCCN. The van der Waals surface area contributed by atoms with Crippen molar-refractivity contribution in [3.8, 4) is 0 Å². The minimum atomic E-state index is -4.39. The molecular formula is C46H82NO8P. The summed E-state index contributed by atoms with van der Waals surface area (Å²) in [5.74, 6) is -0.881. The first-order valence-corrected chi connectivity index (χ1v) is 23.8. The fourth-order valence-electron chi connectivity index (χ4n) is 5.93. The minimum Gasteiger partial charge on any atom is -0.462 e. The van der Waals surface area contributed by atoms with E-state index in [1.54, 1.807) is 0 Å². The third-order valence-electron chi connectivity index (χ3n) is 9.23. The van der Waals surface area contributed by atoms with E-state index < -0.39 is 32.5 Å². The molecule has 0 aliphatic heterocycles. The Bertz CT molecular complexity index is 1100. The second-order valence-electron chi connectivity index (χ2n) is 14.6. The summed E-state index contributed by atoms with van der Waals surface area (Å²) < 4.78 is 32.7. The van der Waals surface area contributed by atoms with Crippen LogP contribution in [0.15, 0.2) is 60.8 Å². The zero-order valence-electron chi connectivity index (χ0n) is 35.6. The maximum Gasteiger partial charge on any atom is 0.472 e. The molecule has 0 aliphatic rings. The molecule has 0 aromatic carbocycles. The summed E-state index contributed by atoms with van der Waals surface area (Å²) in [4.78, 5) is 34.8. The molecule has 0 rings (SSSR count). The highest BCUT2D eigenvalue weighted by molar-refractivity contribution is 7.47. The van der Waals surface area contributed by atoms with Crippen molar-refractivity contribution < 1.29 is 37.6 Å². The zero-order valence-corrected chi connectivity index (χ0v) is 36.5. The molecule has 0 saturated heterocycles. The van der Waals surface area contributed by atoms with Crippen molar-refractivity contribution in [3.05, 3.63) is 60.8 Å². The number of unbranched alkanes of at least 4 members (excludes halogenated alkanes) is 21. The monoisotopic (exact) mass is 808 g/mol. The van der Waals surface area contributed by atoms with E-state index in [9.17, 15) is 19.0 Å². The van der Waals surface area contributed by atoms with Crippen LogP contribution in [-0.2, 0) is 32.7 Å². The highest BCUT2D eigenvalue weighted by Crippen LogP contribution is 2.43. The van der Waals surface area contributed by atoms with E-state index in [0.717, 1.165) is 57.8 Å². The molecule has 9 nitrogen and oxygen atoms in total. The molecular weight excluding hydrogens is 725 g/mol. The number of allylic oxidation sites excluding steroid dienone is 10. The van der Waals surface area contributed by atoms with E-state index in [2.05, 4.69) is 38.2 Å². The Hall–Kier alpha value is -2.29. The maximum absolute atomic E-state index is 12.5. The molecule has 10 heteroatoms. The number of ether oxygens (including phenoxy) is 2. The Morgan fingerprint density at radius 3 is 1.54 bits per heavy atom. The van der Waals surface area contributed by atoms with Crippen LogP contribution in [0, 0.1) is 0 Å². The molecule has 0 saturated carbocycles. The van der Waals surface area contributed by atoms with Crippen molar-refractivity contribution in [1.29, 1.82) is 0 Å². The molecule has 56 heavy (non-hydrogen) atoms. The maximum atomic E-state index is 12.5. The van der Waals surface area contributed by atoms with Gasteiger partial charge in [0.15, 0.2) is 6.10 Å². The smallest absolute Gasteiger partial charge is 0.462 e. The number of nitrogens with two attached hydrogens (primary N) is 1. The van der Waals surface area contributed by atoms with Gasteiger partial charge in [0, 0.05) is 19.4 Å². The molecule has 0 amide bonds. The molecule has 0 heterocycles. The first-order chi connectivity index (χ1) is 27.3. The van der Waals surface area contributed by atoms with Gasteiger partial charge in [-0.05, 0) is 57.8 Å². The highest BCUT2D eigenvalue weighted by atomic mass is 31.2. The van der Waals surface area contributed by atoms with Crippen LogP contribution in [0.2, 0.25) is 0 Å². The molecule has 0 radical (unpaired) electrons. The number of phosphoric ester groups is 1. The second-order valence-corrected chi connectivity index (χ2v) is 16.1. The van der Waals surface area contributed by atoms with E-state index in [1.165, 1.54) is 96.3 Å². The average molecular weight is 808 g/mol. The summed E-state index contributed by atoms with van der Waals surface area (Å²) in [5, 5.41) is 0. The lowest BCUT2D eigenvalue weighted by molar-refractivity contribution is -0.161. The molecule has 0 aliphatic carbocycles. The third-order valence-corrected chi connectivity index (χ3v) is 10.2. The Balaban J connectivity index is 4.12. The van der Waals surface area contributed by atoms with Crippen LogP contribution < -0.4 is 5.73 Å². The molecule has 324 valence electrons. The minimum absolute atomic E-state index is 0.0435. The fraction of sp³-hybridized carbons (Fsp3) is 0.739. The van der Waals surface area contributed by atoms with Crippen LogP contribution in [0.5, 0.6) is 0 Å². The Morgan fingerprint density at radius 1 is 0.554 bits per heavy atom. The van der Waals surface area contributed by atoms with Gasteiger partial charge in [0.25, 0.3) is 0 Å². The highest BCUT2D eigenvalue weighted by Gasteiger charge is 2.26. The number of phosphoric acid groups is 1. The molecule has 2 unspecified atom stereocenters. The molecule has 0 aromatic heterocycles. The number of carbonyl (C=O) groups excluding carboxylic acids is 2. The second kappa shape index (κ2) is 42.3. The van der Waals surface area contributed by atoms with Gasteiger partial charge in [-0.3, -0.25) is 18.6 Å². The van der Waals surface area contributed by atoms with Crippen LogP contribution in [-0.4, -0.2) is 49.3 Å². The summed E-state index contributed by atoms with van der Waals surface area (Å²) in [7, 11) is -4.39. The van der Waals surface area contributed by atoms with Gasteiger partial charge in [-0.25, -0.2) is 4.57 Å². The molecule has 0 spiro atoms. The molecule has 2 atom stereocenters. The van der Waals surface area contributed by atoms with Crippen molar-refractivity contribution in [3.63, 3.8) is 0 Å². The van der Waals surface area contributed by atoms with Crippen molar-refractivity contribution in [2.75, 3.05) is 26.4 Å². The van der Waals surface area contributed by atoms with Gasteiger partial charge in [0.1, 0.15) is 6.61 Å². The van der Waals surface area contributed by atoms with Gasteiger partial charge >= 0.3 is 19.8 Å². The van der Waals surface area contributed by atoms with Gasteiger partial charge in [-0.2, -0.15) is 0 Å². The Kier molecular flexibility index (Phi) is 40.6. The van der Waals surface area contributed by atoms with Crippen LogP contribution >= 0.6 is 7.82 Å². The average Bonchev–Trinajstić information content (AvgIpc) is 3.18. The first kappa shape index (κ1) is 53.7. The van der Waals surface area contributed by atoms with Crippen molar-refractivity contribution >= 4 is 19.8 Å². The van der Waals surface area contributed by atoms with Gasteiger partial charge in [0.2, 0.25) is 0 Å². The van der Waals surface area contributed by atoms with E-state index in [-0.39, 0.29) is 32.6 Å². The van der Waals surface area contributed by atoms with Crippen molar-refractivity contribution in [2.45, 2.75) is 193 Å². The lowest BCUT2D eigenvalue weighted by Crippen LogP contribution is -2.29. The Morgan fingerprint density at radius 2 is 1.00 bits per heavy atom. The van der Waals surface area contributed by atoms with E-state index in [0.29, 0.717) is 6.42 Å². The largest absolute Gasteiger partial charge is 0.472 e. The molecule has 0 aromatic rings. The normalized spacial score (nSPS) is 13.9. The van der Waals surface area contributed by atoms with E-state index >= 15 is 0 Å². The Labute approximate surface area is 342 Å². The number of hydrogen-bond donors (Lipinski definition) is 2. The summed E-state index contributed by atoms with van der Waals surface area (Å²) in [6.07, 6.45) is 49.8. The molecule has 0 fully saturated rings. The predicted octanol–water partition coefficient (Wildman–Crippen LogP) is 12.9. The van der Waals surface area contributed by atoms with Gasteiger partial charge in [-0.15, -0.1) is 0 Å². The van der Waals surface area contributed by atoms with Crippen LogP contribution in [0.4, 0.5) is 0 Å². The zero-order chi connectivity index (χ0) is 41.1. The molecule has 0 bridgehead atoms. The van der Waals surface area contributed by atoms with Gasteiger partial charge in [-0.1, -0.05) is 177 Å². The standard InChI is InChI=1S/C46H82NO8P/c1-3-5-7-9-11-13-15-17-18-19-20-21-22-23-24-25-27-28-30-32-34-36-38-45(48)52-42-44(43-54-56(50,51)53-41-40-47)55-46(49)39-37-35-33-31-29-26-16-14-12-10-8-6-4-2/h6,8,10,12,14,16,22-23,26,29,44H,3-5,7,9,11,13,15,17-21,24-25,27-28,30-43,47H2,1-2H3,(H,50,51)/b8-6+,12-10+,16-14+,23-22+,29-26+. The van der Waals surface area contributed by atoms with Crippen LogP contribution in [0.3, 0.4) is 0 Å².